The van der Waals surface area contributed by atoms with Gasteiger partial charge in [0.25, 0.3) is 0 Å². The first-order valence-electron chi connectivity index (χ1n) is 4.97. The Morgan fingerprint density at radius 3 is 2.80 bits per heavy atom. The number of rotatable bonds is 3. The summed E-state index contributed by atoms with van der Waals surface area (Å²) in [5.41, 5.74) is 0.859. The number of carbonyl (C=O) groups is 1. The van der Waals surface area contributed by atoms with Crippen LogP contribution in [0.5, 0.6) is 0 Å². The highest BCUT2D eigenvalue weighted by Crippen LogP contribution is 2.48. The van der Waals surface area contributed by atoms with Crippen LogP contribution in [0.2, 0.25) is 0 Å². The Hall–Kier alpha value is -0.900. The summed E-state index contributed by atoms with van der Waals surface area (Å²) in [7, 11) is 0. The van der Waals surface area contributed by atoms with E-state index >= 15 is 0 Å². The van der Waals surface area contributed by atoms with Crippen molar-refractivity contribution in [1.29, 1.82) is 0 Å². The zero-order chi connectivity index (χ0) is 10.9. The smallest absolute Gasteiger partial charge is 0.304 e. The zero-order valence-electron chi connectivity index (χ0n) is 8.24. The lowest BCUT2D eigenvalue weighted by Crippen LogP contribution is -2.37. The van der Waals surface area contributed by atoms with E-state index in [0.29, 0.717) is 0 Å². The molecule has 4 heteroatoms. The largest absolute Gasteiger partial charge is 0.481 e. The number of halogens is 1. The van der Waals surface area contributed by atoms with Crippen LogP contribution in [-0.4, -0.2) is 16.1 Å². The lowest BCUT2D eigenvalue weighted by molar-refractivity contribution is -0.139. The molecule has 0 atom stereocenters. The van der Waals surface area contributed by atoms with Crippen molar-refractivity contribution in [1.82, 2.24) is 4.98 Å². The van der Waals surface area contributed by atoms with Gasteiger partial charge in [-0.05, 0) is 40.4 Å². The number of hydrogen-bond donors (Lipinski definition) is 1. The van der Waals surface area contributed by atoms with Crippen molar-refractivity contribution in [3.8, 4) is 0 Å². The highest BCUT2D eigenvalue weighted by atomic mass is 79.9. The number of aliphatic carboxylic acids is 1. The fourth-order valence-corrected chi connectivity index (χ4v) is 2.89. The van der Waals surface area contributed by atoms with Crippen molar-refractivity contribution < 1.29 is 9.90 Å². The summed E-state index contributed by atoms with van der Waals surface area (Å²) < 4.78 is 0.783. The Morgan fingerprint density at radius 1 is 1.60 bits per heavy atom. The SMILES string of the molecule is O=C(O)CC1(c2cccnc2Br)CCC1. The molecule has 15 heavy (non-hydrogen) atoms. The molecule has 0 radical (unpaired) electrons. The molecule has 0 amide bonds. The number of hydrogen-bond acceptors (Lipinski definition) is 2. The zero-order valence-corrected chi connectivity index (χ0v) is 9.83. The van der Waals surface area contributed by atoms with Crippen molar-refractivity contribution in [2.24, 2.45) is 0 Å². The van der Waals surface area contributed by atoms with Crippen LogP contribution in [0.4, 0.5) is 0 Å². The molecule has 1 N–H and O–H groups in total. The molecule has 80 valence electrons. The molecule has 0 aliphatic heterocycles. The van der Waals surface area contributed by atoms with Gasteiger partial charge in [0.15, 0.2) is 0 Å². The van der Waals surface area contributed by atoms with E-state index in [9.17, 15) is 4.79 Å². The van der Waals surface area contributed by atoms with Crippen LogP contribution in [-0.2, 0) is 10.2 Å². The maximum atomic E-state index is 10.9. The molecule has 0 spiro atoms. The van der Waals surface area contributed by atoms with Crippen LogP contribution >= 0.6 is 15.9 Å². The molecular formula is C11H12BrNO2. The van der Waals surface area contributed by atoms with Gasteiger partial charge in [-0.2, -0.15) is 0 Å². The molecule has 1 fully saturated rings. The number of carboxylic acid groups (broad SMARTS) is 1. The second kappa shape index (κ2) is 3.93. The molecule has 1 aromatic heterocycles. The van der Waals surface area contributed by atoms with Gasteiger partial charge in [0.05, 0.1) is 6.42 Å². The Morgan fingerprint density at radius 2 is 2.33 bits per heavy atom. The summed E-state index contributed by atoms with van der Waals surface area (Å²) in [4.78, 5) is 15.0. The van der Waals surface area contributed by atoms with Crippen LogP contribution in [0.1, 0.15) is 31.2 Å². The maximum absolute atomic E-state index is 10.9. The van der Waals surface area contributed by atoms with Gasteiger partial charge in [0.1, 0.15) is 4.60 Å². The summed E-state index contributed by atoms with van der Waals surface area (Å²) in [5.74, 6) is -0.731. The van der Waals surface area contributed by atoms with Crippen LogP contribution in [0.3, 0.4) is 0 Å². The maximum Gasteiger partial charge on any atom is 0.304 e. The summed E-state index contributed by atoms with van der Waals surface area (Å²) in [6, 6.07) is 3.83. The van der Waals surface area contributed by atoms with E-state index in [1.165, 1.54) is 0 Å². The summed E-state index contributed by atoms with van der Waals surface area (Å²) in [5, 5.41) is 8.93. The van der Waals surface area contributed by atoms with Gasteiger partial charge < -0.3 is 5.11 Å². The molecule has 2 rings (SSSR count). The first-order chi connectivity index (χ1) is 7.14. The van der Waals surface area contributed by atoms with Gasteiger partial charge in [-0.25, -0.2) is 4.98 Å². The molecule has 0 aromatic carbocycles. The molecule has 0 unspecified atom stereocenters. The van der Waals surface area contributed by atoms with Crippen LogP contribution < -0.4 is 0 Å². The number of nitrogens with zero attached hydrogens (tertiary/aromatic N) is 1. The van der Waals surface area contributed by atoms with E-state index in [0.717, 1.165) is 29.4 Å². The molecule has 0 bridgehead atoms. The highest BCUT2D eigenvalue weighted by molar-refractivity contribution is 9.10. The molecule has 1 aromatic rings. The highest BCUT2D eigenvalue weighted by Gasteiger charge is 2.41. The van der Waals surface area contributed by atoms with Gasteiger partial charge >= 0.3 is 5.97 Å². The topological polar surface area (TPSA) is 50.2 Å². The third kappa shape index (κ3) is 1.91. The van der Waals surface area contributed by atoms with Crippen LogP contribution in [0, 0.1) is 0 Å². The van der Waals surface area contributed by atoms with E-state index in [2.05, 4.69) is 20.9 Å². The monoisotopic (exact) mass is 269 g/mol. The predicted octanol–water partition coefficient (Wildman–Crippen LogP) is 2.74. The van der Waals surface area contributed by atoms with Gasteiger partial charge in [0, 0.05) is 11.6 Å². The Kier molecular flexibility index (Phi) is 2.78. The summed E-state index contributed by atoms with van der Waals surface area (Å²) in [6.45, 7) is 0. The standard InChI is InChI=1S/C11H12BrNO2/c12-10-8(3-1-6-13-10)11(4-2-5-11)7-9(14)15/h1,3,6H,2,4-5,7H2,(H,14,15). The fraction of sp³-hybridized carbons (Fsp3) is 0.455. The summed E-state index contributed by atoms with van der Waals surface area (Å²) in [6.07, 6.45) is 4.92. The minimum atomic E-state index is -0.731. The van der Waals surface area contributed by atoms with Crippen molar-refractivity contribution in [2.75, 3.05) is 0 Å². The normalized spacial score (nSPS) is 18.2. The van der Waals surface area contributed by atoms with E-state index in [4.69, 9.17) is 5.11 Å². The van der Waals surface area contributed by atoms with Crippen molar-refractivity contribution in [3.63, 3.8) is 0 Å². The number of carboxylic acids is 1. The van der Waals surface area contributed by atoms with E-state index in [1.807, 2.05) is 12.1 Å². The van der Waals surface area contributed by atoms with E-state index in [1.54, 1.807) is 6.20 Å². The molecule has 1 aliphatic rings. The first-order valence-corrected chi connectivity index (χ1v) is 5.76. The van der Waals surface area contributed by atoms with E-state index in [-0.39, 0.29) is 11.8 Å². The second-order valence-corrected chi connectivity index (χ2v) is 4.80. The number of aromatic nitrogens is 1. The molecule has 1 heterocycles. The fourth-order valence-electron chi connectivity index (χ4n) is 2.22. The van der Waals surface area contributed by atoms with Crippen molar-refractivity contribution >= 4 is 21.9 Å². The second-order valence-electron chi connectivity index (χ2n) is 4.05. The van der Waals surface area contributed by atoms with Crippen molar-refractivity contribution in [3.05, 3.63) is 28.5 Å². The average Bonchev–Trinajstić information content (AvgIpc) is 2.12. The molecular weight excluding hydrogens is 258 g/mol. The van der Waals surface area contributed by atoms with Crippen LogP contribution in [0.15, 0.2) is 22.9 Å². The molecule has 0 saturated heterocycles. The average molecular weight is 270 g/mol. The minimum absolute atomic E-state index is 0.182. The van der Waals surface area contributed by atoms with Gasteiger partial charge in [0.2, 0.25) is 0 Å². The lowest BCUT2D eigenvalue weighted by atomic mass is 9.63. The molecule has 1 aliphatic carbocycles. The van der Waals surface area contributed by atoms with Gasteiger partial charge in [-0.15, -0.1) is 0 Å². The first kappa shape index (κ1) is 10.6. The summed E-state index contributed by atoms with van der Waals surface area (Å²) >= 11 is 3.39. The predicted molar refractivity (Wildman–Crippen MR) is 59.7 cm³/mol. The molecule has 1 saturated carbocycles. The van der Waals surface area contributed by atoms with Gasteiger partial charge in [-0.1, -0.05) is 12.5 Å². The third-order valence-corrected chi connectivity index (χ3v) is 3.76. The Labute approximate surface area is 96.7 Å². The third-order valence-electron chi connectivity index (χ3n) is 3.13. The van der Waals surface area contributed by atoms with Crippen molar-refractivity contribution in [2.45, 2.75) is 31.1 Å². The number of pyridine rings is 1. The lowest BCUT2D eigenvalue weighted by Gasteiger charge is -2.41. The Bertz CT molecular complexity index is 388. The Balaban J connectivity index is 2.34. The quantitative estimate of drug-likeness (QED) is 0.859. The van der Waals surface area contributed by atoms with Crippen LogP contribution in [0.25, 0.3) is 0 Å². The van der Waals surface area contributed by atoms with Gasteiger partial charge in [-0.3, -0.25) is 4.79 Å². The molecule has 3 nitrogen and oxygen atoms in total. The van der Waals surface area contributed by atoms with E-state index < -0.39 is 5.97 Å². The minimum Gasteiger partial charge on any atom is -0.481 e.